The number of rotatable bonds is 1. The second kappa shape index (κ2) is 3.85. The van der Waals surface area contributed by atoms with E-state index >= 15 is 0 Å². The van der Waals surface area contributed by atoms with Crippen molar-refractivity contribution in [2.24, 2.45) is 0 Å². The van der Waals surface area contributed by atoms with Crippen molar-refractivity contribution in [1.82, 2.24) is 0 Å². The molecule has 3 nitrogen and oxygen atoms in total. The van der Waals surface area contributed by atoms with E-state index in [9.17, 15) is 8.42 Å². The molecule has 0 fully saturated rings. The molecule has 1 aromatic heterocycles. The van der Waals surface area contributed by atoms with Gasteiger partial charge in [-0.1, -0.05) is 6.07 Å². The summed E-state index contributed by atoms with van der Waals surface area (Å²) in [6.45, 7) is 0. The molecule has 52 valence electrons. The fraction of sp³-hybridized carbons (Fsp3) is 0. The van der Waals surface area contributed by atoms with Gasteiger partial charge in [0.25, 0.3) is 0 Å². The van der Waals surface area contributed by atoms with E-state index in [0.29, 0.717) is 0 Å². The molecule has 1 N–H and O–H groups in total. The van der Waals surface area contributed by atoms with Gasteiger partial charge < -0.3 is 1.43 Å². The van der Waals surface area contributed by atoms with Crippen LogP contribution in [0.5, 0.6) is 0 Å². The van der Waals surface area contributed by atoms with E-state index < -0.39 is 10.1 Å². The molecular formula is C4H5NaO3S2. The van der Waals surface area contributed by atoms with Crippen LogP contribution in [0.25, 0.3) is 0 Å². The van der Waals surface area contributed by atoms with Crippen LogP contribution in [0.3, 0.4) is 0 Å². The summed E-state index contributed by atoms with van der Waals surface area (Å²) in [5, 5.41) is 1.59. The third kappa shape index (κ3) is 2.69. The van der Waals surface area contributed by atoms with Gasteiger partial charge in [-0.15, -0.1) is 11.3 Å². The maximum Gasteiger partial charge on any atom is 1.00 e. The number of hydrogen-bond donors (Lipinski definition) is 1. The van der Waals surface area contributed by atoms with Gasteiger partial charge in [-0.05, 0) is 11.4 Å². The summed E-state index contributed by atoms with van der Waals surface area (Å²) in [6.07, 6.45) is 0. The first-order valence-corrected chi connectivity index (χ1v) is 4.43. The van der Waals surface area contributed by atoms with Crippen molar-refractivity contribution >= 4 is 21.5 Å². The van der Waals surface area contributed by atoms with Crippen molar-refractivity contribution in [3.63, 3.8) is 0 Å². The summed E-state index contributed by atoms with van der Waals surface area (Å²) in [5.41, 5.74) is 0. The summed E-state index contributed by atoms with van der Waals surface area (Å²) in [4.78, 5) is 0. The summed E-state index contributed by atoms with van der Waals surface area (Å²) >= 11 is 0.992. The Bertz CT molecular complexity index is 280. The van der Waals surface area contributed by atoms with Gasteiger partial charge in [-0.3, -0.25) is 4.55 Å². The largest absolute Gasteiger partial charge is 1.00 e. The third-order valence-corrected chi connectivity index (χ3v) is 2.98. The van der Waals surface area contributed by atoms with Crippen molar-refractivity contribution in [3.05, 3.63) is 17.5 Å². The summed E-state index contributed by atoms with van der Waals surface area (Å²) < 4.78 is 28.9. The summed E-state index contributed by atoms with van der Waals surface area (Å²) in [7, 11) is -3.94. The molecule has 0 spiro atoms. The molecule has 0 radical (unpaired) electrons. The van der Waals surface area contributed by atoms with E-state index in [2.05, 4.69) is 0 Å². The molecule has 0 aliphatic carbocycles. The average molecular weight is 188 g/mol. The minimum Gasteiger partial charge on any atom is -1.00 e. The van der Waals surface area contributed by atoms with Crippen LogP contribution in [0, 0.1) is 0 Å². The quantitative estimate of drug-likeness (QED) is 0.414. The normalized spacial score (nSPS) is 10.5. The first-order valence-electron chi connectivity index (χ1n) is 2.12. The monoisotopic (exact) mass is 188 g/mol. The standard InChI is InChI=1S/C4H4O3S2.Na.H/c5-9(6,7)4-2-1-3-8-4;;/h1-3H,(H,5,6,7);;/q;+1;-1. The number of hydrogen-bond acceptors (Lipinski definition) is 3. The van der Waals surface area contributed by atoms with Gasteiger partial charge >= 0.3 is 39.7 Å². The Morgan fingerprint density at radius 2 is 2.20 bits per heavy atom. The molecule has 0 amide bonds. The third-order valence-electron chi connectivity index (χ3n) is 0.749. The Balaban J connectivity index is 0. The molecule has 6 heteroatoms. The van der Waals surface area contributed by atoms with Crippen molar-refractivity contribution in [3.8, 4) is 0 Å². The van der Waals surface area contributed by atoms with Gasteiger partial charge in [-0.25, -0.2) is 0 Å². The molecule has 0 aliphatic heterocycles. The maximum absolute atomic E-state index is 10.3. The minimum absolute atomic E-state index is 0. The Morgan fingerprint density at radius 1 is 1.60 bits per heavy atom. The van der Waals surface area contributed by atoms with E-state index in [4.69, 9.17) is 4.55 Å². The minimum atomic E-state index is -3.94. The zero-order chi connectivity index (χ0) is 6.91. The maximum atomic E-state index is 10.3. The van der Waals surface area contributed by atoms with Crippen LogP contribution in [-0.2, 0) is 10.1 Å². The first kappa shape index (κ1) is 10.6. The van der Waals surface area contributed by atoms with Crippen LogP contribution in [-0.4, -0.2) is 13.0 Å². The smallest absolute Gasteiger partial charge is 1.00 e. The van der Waals surface area contributed by atoms with E-state index in [-0.39, 0.29) is 35.2 Å². The van der Waals surface area contributed by atoms with E-state index in [0.717, 1.165) is 11.3 Å². The van der Waals surface area contributed by atoms with Crippen molar-refractivity contribution in [2.75, 3.05) is 0 Å². The predicted octanol–water partition coefficient (Wildman–Crippen LogP) is -1.89. The fourth-order valence-corrected chi connectivity index (χ4v) is 1.76. The second-order valence-corrected chi connectivity index (χ2v) is 4.00. The fourth-order valence-electron chi connectivity index (χ4n) is 0.410. The van der Waals surface area contributed by atoms with Gasteiger partial charge in [-0.2, -0.15) is 8.42 Å². The van der Waals surface area contributed by atoms with E-state index in [1.54, 1.807) is 11.4 Å². The van der Waals surface area contributed by atoms with Crippen LogP contribution < -0.4 is 29.6 Å². The SMILES string of the molecule is O=S(=O)(O)c1cccs1.[H-].[Na+]. The van der Waals surface area contributed by atoms with Gasteiger partial charge in [0, 0.05) is 0 Å². The molecule has 0 unspecified atom stereocenters. The molecule has 0 aromatic carbocycles. The number of thiophene rings is 1. The van der Waals surface area contributed by atoms with Gasteiger partial charge in [0.05, 0.1) is 0 Å². The van der Waals surface area contributed by atoms with Crippen molar-refractivity contribution in [2.45, 2.75) is 4.21 Å². The van der Waals surface area contributed by atoms with Crippen molar-refractivity contribution in [1.29, 1.82) is 0 Å². The Labute approximate surface area is 86.6 Å². The zero-order valence-corrected chi connectivity index (χ0v) is 8.95. The average Bonchev–Trinajstić information content (AvgIpc) is 2.08. The molecule has 0 saturated heterocycles. The molecule has 0 bridgehead atoms. The topological polar surface area (TPSA) is 54.4 Å². The molecule has 0 aliphatic rings. The second-order valence-electron chi connectivity index (χ2n) is 1.41. The van der Waals surface area contributed by atoms with Gasteiger partial charge in [0.1, 0.15) is 4.21 Å². The molecule has 1 rings (SSSR count). The molecule has 1 aromatic rings. The van der Waals surface area contributed by atoms with Gasteiger partial charge in [0.2, 0.25) is 0 Å². The molecule has 10 heavy (non-hydrogen) atoms. The van der Waals surface area contributed by atoms with Gasteiger partial charge in [0.15, 0.2) is 0 Å². The molecule has 0 atom stereocenters. The van der Waals surface area contributed by atoms with Crippen LogP contribution in [0.1, 0.15) is 1.43 Å². The zero-order valence-electron chi connectivity index (χ0n) is 6.31. The van der Waals surface area contributed by atoms with Crippen LogP contribution in [0.4, 0.5) is 0 Å². The Morgan fingerprint density at radius 3 is 2.40 bits per heavy atom. The predicted molar refractivity (Wildman–Crippen MR) is 35.2 cm³/mol. The summed E-state index contributed by atoms with van der Waals surface area (Å²) in [6, 6.07) is 2.91. The Kier molecular flexibility index (Phi) is 4.08. The molecular weight excluding hydrogens is 183 g/mol. The molecule has 0 saturated carbocycles. The summed E-state index contributed by atoms with van der Waals surface area (Å²) in [5.74, 6) is 0. The van der Waals surface area contributed by atoms with Crippen molar-refractivity contribution < 1.29 is 44.0 Å². The van der Waals surface area contributed by atoms with Crippen LogP contribution in [0.15, 0.2) is 21.7 Å². The Hall–Kier alpha value is 0.610. The van der Waals surface area contributed by atoms with Crippen LogP contribution >= 0.6 is 11.3 Å². The van der Waals surface area contributed by atoms with Crippen LogP contribution in [0.2, 0.25) is 0 Å². The van der Waals surface area contributed by atoms with E-state index in [1.807, 2.05) is 0 Å². The molecule has 1 heterocycles. The van der Waals surface area contributed by atoms with E-state index in [1.165, 1.54) is 6.07 Å². The first-order chi connectivity index (χ1) is 4.11.